The summed E-state index contributed by atoms with van der Waals surface area (Å²) in [6.07, 6.45) is 1.87. The molecule has 1 aromatic heterocycles. The Hall–Kier alpha value is -1.13. The summed E-state index contributed by atoms with van der Waals surface area (Å²) in [5.41, 5.74) is 1.06. The van der Waals surface area contributed by atoms with Gasteiger partial charge in [-0.25, -0.2) is 0 Å². The van der Waals surface area contributed by atoms with E-state index in [4.69, 9.17) is 0 Å². The second-order valence-corrected chi connectivity index (χ2v) is 4.87. The van der Waals surface area contributed by atoms with Crippen LogP contribution in [0.3, 0.4) is 0 Å². The number of rotatable bonds is 3. The quantitative estimate of drug-likeness (QED) is 0.843. The molecule has 2 heterocycles. The molecular formula is C13H21N3O. The maximum atomic E-state index is 12.2. The first-order valence-electron chi connectivity index (χ1n) is 6.31. The Balaban J connectivity index is 2.15. The zero-order valence-electron chi connectivity index (χ0n) is 10.6. The average Bonchev–Trinajstić information content (AvgIpc) is 2.33. The molecule has 0 aromatic carbocycles. The van der Waals surface area contributed by atoms with Crippen LogP contribution in [0.1, 0.15) is 25.5 Å². The van der Waals surface area contributed by atoms with Crippen LogP contribution in [0.4, 0.5) is 0 Å². The van der Waals surface area contributed by atoms with Crippen molar-refractivity contribution >= 4 is 0 Å². The molecule has 1 aromatic rings. The summed E-state index contributed by atoms with van der Waals surface area (Å²) in [4.78, 5) is 14.5. The number of hydrogen-bond acceptors (Lipinski definition) is 3. The Morgan fingerprint density at radius 2 is 2.06 bits per heavy atom. The van der Waals surface area contributed by atoms with E-state index >= 15 is 0 Å². The standard InChI is InChI=1S/C13H21N3O/c1-11(2)16-7-3-4-12(13(16)17)10-15-8-5-14-6-9-15/h3-4,7,11,14H,5-6,8-10H2,1-2H3. The highest BCUT2D eigenvalue weighted by Crippen LogP contribution is 2.04. The van der Waals surface area contributed by atoms with Crippen molar-refractivity contribution in [3.63, 3.8) is 0 Å². The fraction of sp³-hybridized carbons (Fsp3) is 0.615. The Morgan fingerprint density at radius 1 is 1.35 bits per heavy atom. The smallest absolute Gasteiger partial charge is 0.255 e. The molecule has 0 atom stereocenters. The number of nitrogens with zero attached hydrogens (tertiary/aromatic N) is 2. The zero-order valence-corrected chi connectivity index (χ0v) is 10.6. The third kappa shape index (κ3) is 2.96. The minimum Gasteiger partial charge on any atom is -0.314 e. The predicted molar refractivity (Wildman–Crippen MR) is 69.2 cm³/mol. The topological polar surface area (TPSA) is 37.3 Å². The molecule has 0 aliphatic carbocycles. The first-order chi connectivity index (χ1) is 8.18. The molecule has 0 amide bonds. The lowest BCUT2D eigenvalue weighted by Crippen LogP contribution is -2.44. The van der Waals surface area contributed by atoms with E-state index in [-0.39, 0.29) is 11.6 Å². The maximum absolute atomic E-state index is 12.2. The summed E-state index contributed by atoms with van der Waals surface area (Å²) >= 11 is 0. The van der Waals surface area contributed by atoms with E-state index < -0.39 is 0 Å². The summed E-state index contributed by atoms with van der Waals surface area (Å²) in [7, 11) is 0. The molecule has 1 N–H and O–H groups in total. The van der Waals surface area contributed by atoms with Crippen molar-refractivity contribution in [2.45, 2.75) is 26.4 Å². The van der Waals surface area contributed by atoms with Gasteiger partial charge in [-0.05, 0) is 19.9 Å². The van der Waals surface area contributed by atoms with E-state index in [1.54, 1.807) is 4.57 Å². The predicted octanol–water partition coefficient (Wildman–Crippen LogP) is 0.834. The molecule has 1 aliphatic rings. The molecule has 4 heteroatoms. The van der Waals surface area contributed by atoms with E-state index in [0.29, 0.717) is 0 Å². The first kappa shape index (κ1) is 12.3. The van der Waals surface area contributed by atoms with Gasteiger partial charge in [-0.3, -0.25) is 9.69 Å². The Labute approximate surface area is 102 Å². The summed E-state index contributed by atoms with van der Waals surface area (Å²) < 4.78 is 1.80. The maximum Gasteiger partial charge on any atom is 0.255 e. The number of aromatic nitrogens is 1. The third-order valence-electron chi connectivity index (χ3n) is 3.21. The van der Waals surface area contributed by atoms with Crippen LogP contribution in [0.25, 0.3) is 0 Å². The normalized spacial score (nSPS) is 17.6. The highest BCUT2D eigenvalue weighted by molar-refractivity contribution is 5.11. The van der Waals surface area contributed by atoms with E-state index in [1.807, 2.05) is 32.2 Å². The van der Waals surface area contributed by atoms with Crippen molar-refractivity contribution in [1.82, 2.24) is 14.8 Å². The fourth-order valence-corrected chi connectivity index (χ4v) is 2.19. The van der Waals surface area contributed by atoms with Gasteiger partial charge in [0.25, 0.3) is 5.56 Å². The number of piperazine rings is 1. The van der Waals surface area contributed by atoms with Gasteiger partial charge in [-0.15, -0.1) is 0 Å². The SMILES string of the molecule is CC(C)n1cccc(CN2CCNCC2)c1=O. The highest BCUT2D eigenvalue weighted by atomic mass is 16.1. The van der Waals surface area contributed by atoms with Crippen LogP contribution in [-0.4, -0.2) is 35.6 Å². The summed E-state index contributed by atoms with van der Waals surface area (Å²) in [6.45, 7) is 8.93. The van der Waals surface area contributed by atoms with Crippen LogP contribution in [0.5, 0.6) is 0 Å². The van der Waals surface area contributed by atoms with Crippen molar-refractivity contribution in [2.24, 2.45) is 0 Å². The highest BCUT2D eigenvalue weighted by Gasteiger charge is 2.13. The van der Waals surface area contributed by atoms with Gasteiger partial charge in [0, 0.05) is 50.5 Å². The Morgan fingerprint density at radius 3 is 2.71 bits per heavy atom. The Kier molecular flexibility index (Phi) is 3.97. The summed E-state index contributed by atoms with van der Waals surface area (Å²) in [6, 6.07) is 4.15. The monoisotopic (exact) mass is 235 g/mol. The van der Waals surface area contributed by atoms with Gasteiger partial charge in [0.1, 0.15) is 0 Å². The fourth-order valence-electron chi connectivity index (χ4n) is 2.19. The molecule has 0 bridgehead atoms. The van der Waals surface area contributed by atoms with Gasteiger partial charge in [0.15, 0.2) is 0 Å². The van der Waals surface area contributed by atoms with Crippen LogP contribution in [0, 0.1) is 0 Å². The molecule has 4 nitrogen and oxygen atoms in total. The number of nitrogens with one attached hydrogen (secondary N) is 1. The molecule has 1 saturated heterocycles. The lowest BCUT2D eigenvalue weighted by Gasteiger charge is -2.27. The lowest BCUT2D eigenvalue weighted by atomic mass is 10.2. The summed E-state index contributed by atoms with van der Waals surface area (Å²) in [5, 5.41) is 3.32. The molecule has 94 valence electrons. The van der Waals surface area contributed by atoms with Crippen molar-refractivity contribution < 1.29 is 0 Å². The van der Waals surface area contributed by atoms with E-state index in [2.05, 4.69) is 10.2 Å². The van der Waals surface area contributed by atoms with E-state index in [1.165, 1.54) is 0 Å². The molecule has 2 rings (SSSR count). The molecule has 1 aliphatic heterocycles. The van der Waals surface area contributed by atoms with Gasteiger partial charge in [0.05, 0.1) is 0 Å². The minimum absolute atomic E-state index is 0.154. The third-order valence-corrected chi connectivity index (χ3v) is 3.21. The van der Waals surface area contributed by atoms with Gasteiger partial charge < -0.3 is 9.88 Å². The second kappa shape index (κ2) is 5.47. The second-order valence-electron chi connectivity index (χ2n) is 4.87. The Bertz CT molecular complexity index is 419. The molecule has 0 radical (unpaired) electrons. The number of pyridine rings is 1. The van der Waals surface area contributed by atoms with Crippen molar-refractivity contribution in [1.29, 1.82) is 0 Å². The van der Waals surface area contributed by atoms with Crippen LogP contribution < -0.4 is 10.9 Å². The number of hydrogen-bond donors (Lipinski definition) is 1. The molecule has 17 heavy (non-hydrogen) atoms. The van der Waals surface area contributed by atoms with Crippen molar-refractivity contribution in [2.75, 3.05) is 26.2 Å². The first-order valence-corrected chi connectivity index (χ1v) is 6.31. The van der Waals surface area contributed by atoms with Gasteiger partial charge in [-0.2, -0.15) is 0 Å². The van der Waals surface area contributed by atoms with Crippen LogP contribution in [0.2, 0.25) is 0 Å². The zero-order chi connectivity index (χ0) is 12.3. The van der Waals surface area contributed by atoms with Gasteiger partial charge in [-0.1, -0.05) is 6.07 Å². The van der Waals surface area contributed by atoms with Crippen LogP contribution in [0.15, 0.2) is 23.1 Å². The molecule has 0 spiro atoms. The van der Waals surface area contributed by atoms with E-state index in [9.17, 15) is 4.79 Å². The minimum atomic E-state index is 0.154. The molecular weight excluding hydrogens is 214 g/mol. The van der Waals surface area contributed by atoms with Crippen LogP contribution >= 0.6 is 0 Å². The molecule has 0 unspecified atom stereocenters. The molecule has 1 fully saturated rings. The summed E-state index contributed by atoms with van der Waals surface area (Å²) in [5.74, 6) is 0. The van der Waals surface area contributed by atoms with Crippen LogP contribution in [-0.2, 0) is 6.54 Å². The van der Waals surface area contributed by atoms with Crippen molar-refractivity contribution in [3.05, 3.63) is 34.2 Å². The van der Waals surface area contributed by atoms with Gasteiger partial charge >= 0.3 is 0 Å². The largest absolute Gasteiger partial charge is 0.314 e. The lowest BCUT2D eigenvalue weighted by molar-refractivity contribution is 0.232. The van der Waals surface area contributed by atoms with Crippen molar-refractivity contribution in [3.8, 4) is 0 Å². The average molecular weight is 235 g/mol. The van der Waals surface area contributed by atoms with E-state index in [0.717, 1.165) is 38.3 Å². The molecule has 0 saturated carbocycles. The van der Waals surface area contributed by atoms with Gasteiger partial charge in [0.2, 0.25) is 0 Å².